The van der Waals surface area contributed by atoms with Crippen molar-refractivity contribution >= 4 is 34.3 Å². The first-order chi connectivity index (χ1) is 14.3. The number of anilines is 1. The molecule has 0 saturated carbocycles. The number of thioether (sulfide) groups is 1. The second-order valence-corrected chi connectivity index (χ2v) is 7.39. The highest BCUT2D eigenvalue weighted by molar-refractivity contribution is 7.99. The number of nitrogens with zero attached hydrogens (tertiary/aromatic N) is 2. The molecule has 4 aromatic rings. The zero-order valence-corrected chi connectivity index (χ0v) is 16.3. The number of pyridine rings is 1. The van der Waals surface area contributed by atoms with Crippen LogP contribution in [0.3, 0.4) is 0 Å². The van der Waals surface area contributed by atoms with Gasteiger partial charge in [-0.15, -0.1) is 11.8 Å². The molecule has 4 rings (SSSR count). The highest BCUT2D eigenvalue weighted by atomic mass is 32.2. The summed E-state index contributed by atoms with van der Waals surface area (Å²) >= 11 is 1.55. The van der Waals surface area contributed by atoms with E-state index in [4.69, 9.17) is 9.68 Å². The van der Waals surface area contributed by atoms with E-state index in [0.717, 1.165) is 21.5 Å². The molecule has 29 heavy (non-hydrogen) atoms. The van der Waals surface area contributed by atoms with Crippen molar-refractivity contribution in [2.45, 2.75) is 11.3 Å². The van der Waals surface area contributed by atoms with Gasteiger partial charge in [-0.05, 0) is 36.4 Å². The number of nitrogens with one attached hydrogen (secondary N) is 1. The summed E-state index contributed by atoms with van der Waals surface area (Å²) in [7, 11) is 0. The van der Waals surface area contributed by atoms with Crippen molar-refractivity contribution in [3.63, 3.8) is 0 Å². The molecule has 0 saturated heterocycles. The molecule has 6 heteroatoms. The van der Waals surface area contributed by atoms with Crippen molar-refractivity contribution in [1.29, 1.82) is 5.26 Å². The van der Waals surface area contributed by atoms with Crippen molar-refractivity contribution in [2.75, 3.05) is 11.1 Å². The number of carbonyl (C=O) groups excluding carboxylic acids is 1. The average molecular weight is 399 g/mol. The van der Waals surface area contributed by atoms with E-state index in [1.54, 1.807) is 30.2 Å². The molecule has 2 aromatic carbocycles. The van der Waals surface area contributed by atoms with Crippen molar-refractivity contribution in [1.82, 2.24) is 4.98 Å². The third kappa shape index (κ3) is 4.15. The van der Waals surface area contributed by atoms with Gasteiger partial charge in [0.2, 0.25) is 0 Å². The fourth-order valence-electron chi connectivity index (χ4n) is 3.01. The number of hydrogen-bond acceptors (Lipinski definition) is 5. The van der Waals surface area contributed by atoms with Crippen LogP contribution in [0.2, 0.25) is 0 Å². The van der Waals surface area contributed by atoms with Crippen molar-refractivity contribution < 1.29 is 9.21 Å². The average Bonchev–Trinajstić information content (AvgIpc) is 3.29. The van der Waals surface area contributed by atoms with Gasteiger partial charge in [-0.2, -0.15) is 5.26 Å². The lowest BCUT2D eigenvalue weighted by Crippen LogP contribution is -2.13. The van der Waals surface area contributed by atoms with Crippen LogP contribution in [0.4, 0.5) is 5.69 Å². The lowest BCUT2D eigenvalue weighted by Gasteiger charge is -2.12. The topological polar surface area (TPSA) is 78.9 Å². The van der Waals surface area contributed by atoms with Gasteiger partial charge in [0.05, 0.1) is 29.1 Å². The second-order valence-electron chi connectivity index (χ2n) is 6.26. The molecule has 0 radical (unpaired) electrons. The predicted octanol–water partition coefficient (Wildman–Crippen LogP) is 5.75. The number of hydrogen-bond donors (Lipinski definition) is 1. The molecule has 2 aromatic heterocycles. The van der Waals surface area contributed by atoms with Crippen molar-refractivity contribution in [3.8, 4) is 17.5 Å². The smallest absolute Gasteiger partial charge is 0.256 e. The van der Waals surface area contributed by atoms with Gasteiger partial charge in [-0.25, -0.2) is 4.98 Å². The highest BCUT2D eigenvalue weighted by Gasteiger charge is 2.16. The van der Waals surface area contributed by atoms with E-state index in [1.807, 2.05) is 54.6 Å². The van der Waals surface area contributed by atoms with Gasteiger partial charge in [0.25, 0.3) is 5.91 Å². The maximum atomic E-state index is 13.2. The zero-order valence-electron chi connectivity index (χ0n) is 15.5. The molecule has 0 aliphatic rings. The monoisotopic (exact) mass is 399 g/mol. The Balaban J connectivity index is 1.70. The van der Waals surface area contributed by atoms with Gasteiger partial charge in [0.1, 0.15) is 5.69 Å². The predicted molar refractivity (Wildman–Crippen MR) is 115 cm³/mol. The molecule has 0 aliphatic carbocycles. The molecule has 0 aliphatic heterocycles. The number of fused-ring (bicyclic) bond motifs is 1. The number of benzene rings is 2. The van der Waals surface area contributed by atoms with Crippen LogP contribution in [0.15, 0.2) is 82.3 Å². The van der Waals surface area contributed by atoms with Gasteiger partial charge in [-0.1, -0.05) is 30.3 Å². The summed E-state index contributed by atoms with van der Waals surface area (Å²) < 4.78 is 5.47. The van der Waals surface area contributed by atoms with E-state index in [0.29, 0.717) is 29.2 Å². The number of furan rings is 1. The number of amides is 1. The van der Waals surface area contributed by atoms with Crippen molar-refractivity contribution in [3.05, 3.63) is 78.6 Å². The minimum Gasteiger partial charge on any atom is -0.463 e. The van der Waals surface area contributed by atoms with Gasteiger partial charge in [0, 0.05) is 22.5 Å². The summed E-state index contributed by atoms with van der Waals surface area (Å²) in [5, 5.41) is 12.6. The van der Waals surface area contributed by atoms with E-state index < -0.39 is 0 Å². The lowest BCUT2D eigenvalue weighted by atomic mass is 10.1. The first-order valence-electron chi connectivity index (χ1n) is 9.10. The molecule has 0 spiro atoms. The second kappa shape index (κ2) is 8.63. The highest BCUT2D eigenvalue weighted by Crippen LogP contribution is 2.30. The Hall–Kier alpha value is -3.56. The first kappa shape index (κ1) is 18.8. The van der Waals surface area contributed by atoms with Crippen LogP contribution in [-0.2, 0) is 0 Å². The molecule has 1 N–H and O–H groups in total. The van der Waals surface area contributed by atoms with Gasteiger partial charge < -0.3 is 9.73 Å². The molecule has 142 valence electrons. The third-order valence-corrected chi connectivity index (χ3v) is 5.42. The maximum Gasteiger partial charge on any atom is 0.256 e. The molecular weight excluding hydrogens is 382 g/mol. The van der Waals surface area contributed by atoms with E-state index in [9.17, 15) is 4.79 Å². The Labute approximate surface area is 172 Å². The summed E-state index contributed by atoms with van der Waals surface area (Å²) in [5.41, 5.74) is 2.58. The van der Waals surface area contributed by atoms with Crippen LogP contribution < -0.4 is 5.32 Å². The zero-order chi connectivity index (χ0) is 20.1. The molecule has 0 unspecified atom stereocenters. The summed E-state index contributed by atoms with van der Waals surface area (Å²) in [6.07, 6.45) is 2.04. The van der Waals surface area contributed by atoms with Crippen LogP contribution in [0.25, 0.3) is 22.4 Å². The fourth-order valence-corrected chi connectivity index (χ4v) is 3.87. The van der Waals surface area contributed by atoms with Crippen LogP contribution in [0.1, 0.15) is 16.8 Å². The Morgan fingerprint density at radius 2 is 1.93 bits per heavy atom. The molecular formula is C23H17N3O2S. The largest absolute Gasteiger partial charge is 0.463 e. The molecule has 1 amide bonds. The molecule has 0 fully saturated rings. The fraction of sp³-hybridized carbons (Fsp3) is 0.0870. The van der Waals surface area contributed by atoms with Gasteiger partial charge in [-0.3, -0.25) is 4.79 Å². The van der Waals surface area contributed by atoms with E-state index >= 15 is 0 Å². The Kier molecular flexibility index (Phi) is 5.59. The minimum atomic E-state index is -0.218. The SMILES string of the molecule is N#CCCSc1ccccc1NC(=O)c1cc(-c2ccco2)nc2ccccc12. The number of para-hydroxylation sites is 2. The minimum absolute atomic E-state index is 0.218. The van der Waals surface area contributed by atoms with Gasteiger partial charge >= 0.3 is 0 Å². The van der Waals surface area contributed by atoms with Crippen molar-refractivity contribution in [2.24, 2.45) is 0 Å². The number of nitriles is 1. The summed E-state index contributed by atoms with van der Waals surface area (Å²) in [6, 6.07) is 22.7. The normalized spacial score (nSPS) is 10.6. The molecule has 0 atom stereocenters. The number of aromatic nitrogens is 1. The first-order valence-corrected chi connectivity index (χ1v) is 10.1. The summed E-state index contributed by atoms with van der Waals surface area (Å²) in [5.74, 6) is 1.06. The molecule has 5 nitrogen and oxygen atoms in total. The number of carbonyl (C=O) groups is 1. The Bertz CT molecular complexity index is 1200. The summed E-state index contributed by atoms with van der Waals surface area (Å²) in [6.45, 7) is 0. The maximum absolute atomic E-state index is 13.2. The van der Waals surface area contributed by atoms with E-state index in [1.165, 1.54) is 0 Å². The van der Waals surface area contributed by atoms with Crippen LogP contribution >= 0.6 is 11.8 Å². The molecule has 2 heterocycles. The Morgan fingerprint density at radius 3 is 2.76 bits per heavy atom. The number of rotatable bonds is 6. The summed E-state index contributed by atoms with van der Waals surface area (Å²) in [4.78, 5) is 18.8. The van der Waals surface area contributed by atoms with Crippen LogP contribution in [0.5, 0.6) is 0 Å². The lowest BCUT2D eigenvalue weighted by molar-refractivity contribution is 0.102. The van der Waals surface area contributed by atoms with Crippen LogP contribution in [-0.4, -0.2) is 16.6 Å². The van der Waals surface area contributed by atoms with E-state index in [-0.39, 0.29) is 5.91 Å². The Morgan fingerprint density at radius 1 is 1.10 bits per heavy atom. The molecule has 0 bridgehead atoms. The standard InChI is InChI=1S/C23H17N3O2S/c24-12-6-14-29-22-11-4-3-9-19(22)26-23(27)17-15-20(21-10-5-13-28-21)25-18-8-2-1-7-16(17)18/h1-5,7-11,13,15H,6,14H2,(H,26,27). The van der Waals surface area contributed by atoms with Gasteiger partial charge in [0.15, 0.2) is 5.76 Å². The van der Waals surface area contributed by atoms with E-state index in [2.05, 4.69) is 16.4 Å². The quantitative estimate of drug-likeness (QED) is 0.330. The van der Waals surface area contributed by atoms with Crippen LogP contribution in [0, 0.1) is 11.3 Å². The third-order valence-electron chi connectivity index (χ3n) is 4.34.